The van der Waals surface area contributed by atoms with Gasteiger partial charge in [-0.05, 0) is 85.0 Å². The predicted octanol–water partition coefficient (Wildman–Crippen LogP) is 5.08. The van der Waals surface area contributed by atoms with Crippen LogP contribution in [0.4, 0.5) is 10.1 Å². The zero-order valence-electron chi connectivity index (χ0n) is 14.5. The minimum absolute atomic E-state index is 0.274. The van der Waals surface area contributed by atoms with E-state index in [0.29, 0.717) is 17.8 Å². The van der Waals surface area contributed by atoms with E-state index in [1.807, 2.05) is 6.20 Å². The van der Waals surface area contributed by atoms with Crippen LogP contribution in [0.15, 0.2) is 41.7 Å². The molecule has 0 amide bonds. The number of allylic oxidation sites excluding steroid dienone is 2. The van der Waals surface area contributed by atoms with Crippen LogP contribution in [0.25, 0.3) is 0 Å². The zero-order chi connectivity index (χ0) is 18.4. The highest BCUT2D eigenvalue weighted by Crippen LogP contribution is 2.27. The highest BCUT2D eigenvalue weighted by Gasteiger charge is 2.20. The molecule has 1 aromatic carbocycles. The molecule has 134 valence electrons. The zero-order valence-corrected chi connectivity index (χ0v) is 16.7. The monoisotopic (exact) mass is 454 g/mol. The maximum absolute atomic E-state index is 13.3. The highest BCUT2D eigenvalue weighted by atomic mass is 127. The van der Waals surface area contributed by atoms with Crippen molar-refractivity contribution in [1.82, 2.24) is 5.32 Å². The number of anilines is 1. The van der Waals surface area contributed by atoms with Crippen molar-refractivity contribution >= 4 is 39.7 Å². The standard InChI is InChI=1S/C19H24FIN4/c1-12(22)7-17(25-19-6-5-16(20)9-18(19)21)8-15(13(2)23)11-24-10-14-3-4-14/h5-7,9,11,14,22-25H,3-4,8,10H2,1-2H3/b15-11-,17-7-,22-12?,23-13?. The van der Waals surface area contributed by atoms with Crippen LogP contribution >= 0.6 is 22.6 Å². The number of halogens is 2. The number of hydrogen-bond acceptors (Lipinski definition) is 4. The van der Waals surface area contributed by atoms with Gasteiger partial charge in [-0.1, -0.05) is 0 Å². The Morgan fingerprint density at radius 3 is 2.60 bits per heavy atom. The summed E-state index contributed by atoms with van der Waals surface area (Å²) < 4.78 is 14.1. The van der Waals surface area contributed by atoms with E-state index in [9.17, 15) is 4.39 Å². The molecule has 1 aliphatic rings. The van der Waals surface area contributed by atoms with Crippen molar-refractivity contribution < 1.29 is 4.39 Å². The third kappa shape index (κ3) is 6.97. The molecule has 4 nitrogen and oxygen atoms in total. The molecule has 6 heteroatoms. The Balaban J connectivity index is 2.14. The summed E-state index contributed by atoms with van der Waals surface area (Å²) in [6.07, 6.45) is 6.73. The quantitative estimate of drug-likeness (QED) is 0.311. The summed E-state index contributed by atoms with van der Waals surface area (Å²) in [5.41, 5.74) is 3.39. The summed E-state index contributed by atoms with van der Waals surface area (Å²) in [6, 6.07) is 4.57. The number of hydrogen-bond donors (Lipinski definition) is 4. The molecule has 25 heavy (non-hydrogen) atoms. The lowest BCUT2D eigenvalue weighted by Gasteiger charge is -2.15. The third-order valence-corrected chi connectivity index (χ3v) is 4.75. The summed E-state index contributed by atoms with van der Waals surface area (Å²) >= 11 is 2.08. The Bertz CT molecular complexity index is 720. The smallest absolute Gasteiger partial charge is 0.124 e. The fourth-order valence-corrected chi connectivity index (χ4v) is 2.94. The molecular formula is C19H24FIN4. The van der Waals surface area contributed by atoms with Crippen molar-refractivity contribution in [1.29, 1.82) is 10.8 Å². The first kappa shape index (κ1) is 19.6. The van der Waals surface area contributed by atoms with Crippen LogP contribution in [-0.4, -0.2) is 18.0 Å². The van der Waals surface area contributed by atoms with Crippen molar-refractivity contribution in [3.63, 3.8) is 0 Å². The van der Waals surface area contributed by atoms with Crippen LogP contribution in [0.3, 0.4) is 0 Å². The second kappa shape index (κ2) is 9.12. The number of nitrogens with one attached hydrogen (secondary N) is 4. The lowest BCUT2D eigenvalue weighted by Crippen LogP contribution is -2.14. The van der Waals surface area contributed by atoms with Crippen molar-refractivity contribution in [3.8, 4) is 0 Å². The molecule has 4 N–H and O–H groups in total. The van der Waals surface area contributed by atoms with Crippen molar-refractivity contribution in [2.75, 3.05) is 11.9 Å². The maximum Gasteiger partial charge on any atom is 0.124 e. The first-order chi connectivity index (χ1) is 11.8. The van der Waals surface area contributed by atoms with Gasteiger partial charge in [-0.2, -0.15) is 0 Å². The summed E-state index contributed by atoms with van der Waals surface area (Å²) in [5.74, 6) is 0.491. The molecule has 0 radical (unpaired) electrons. The average molecular weight is 454 g/mol. The summed E-state index contributed by atoms with van der Waals surface area (Å²) in [4.78, 5) is 0. The van der Waals surface area contributed by atoms with Gasteiger partial charge < -0.3 is 21.5 Å². The minimum Gasteiger partial charge on any atom is -0.390 e. The van der Waals surface area contributed by atoms with Crippen LogP contribution in [-0.2, 0) is 0 Å². The van der Waals surface area contributed by atoms with Gasteiger partial charge in [0.25, 0.3) is 0 Å². The predicted molar refractivity (Wildman–Crippen MR) is 111 cm³/mol. The van der Waals surface area contributed by atoms with E-state index in [1.165, 1.54) is 25.0 Å². The topological polar surface area (TPSA) is 71.8 Å². The van der Waals surface area contributed by atoms with Crippen molar-refractivity contribution in [2.45, 2.75) is 33.1 Å². The van der Waals surface area contributed by atoms with Crippen LogP contribution in [0.5, 0.6) is 0 Å². The third-order valence-electron chi connectivity index (χ3n) is 3.86. The van der Waals surface area contributed by atoms with Crippen LogP contribution in [0, 0.1) is 26.1 Å². The van der Waals surface area contributed by atoms with Gasteiger partial charge >= 0.3 is 0 Å². The van der Waals surface area contributed by atoms with E-state index in [2.05, 4.69) is 33.2 Å². The Labute approximate surface area is 162 Å². The van der Waals surface area contributed by atoms with Crippen LogP contribution < -0.4 is 10.6 Å². The van der Waals surface area contributed by atoms with Gasteiger partial charge in [-0.15, -0.1) is 0 Å². The summed E-state index contributed by atoms with van der Waals surface area (Å²) in [6.45, 7) is 4.42. The first-order valence-corrected chi connectivity index (χ1v) is 9.38. The van der Waals surface area contributed by atoms with Gasteiger partial charge in [0.2, 0.25) is 0 Å². The highest BCUT2D eigenvalue weighted by molar-refractivity contribution is 14.1. The van der Waals surface area contributed by atoms with Crippen molar-refractivity contribution in [2.24, 2.45) is 5.92 Å². The average Bonchev–Trinajstić information content (AvgIpc) is 3.32. The number of benzene rings is 1. The molecular weight excluding hydrogens is 430 g/mol. The molecule has 0 heterocycles. The molecule has 1 aliphatic carbocycles. The van der Waals surface area contributed by atoms with E-state index < -0.39 is 0 Å². The van der Waals surface area contributed by atoms with Crippen LogP contribution in [0.2, 0.25) is 0 Å². The molecule has 0 saturated heterocycles. The van der Waals surface area contributed by atoms with Crippen molar-refractivity contribution in [3.05, 3.63) is 51.1 Å². The molecule has 0 bridgehead atoms. The Morgan fingerprint density at radius 1 is 1.32 bits per heavy atom. The minimum atomic E-state index is -0.274. The lowest BCUT2D eigenvalue weighted by molar-refractivity contribution is 0.627. The van der Waals surface area contributed by atoms with E-state index >= 15 is 0 Å². The molecule has 0 aliphatic heterocycles. The Hall–Kier alpha value is -1.70. The van der Waals surface area contributed by atoms with E-state index in [-0.39, 0.29) is 5.82 Å². The van der Waals surface area contributed by atoms with E-state index in [1.54, 1.807) is 26.0 Å². The molecule has 0 unspecified atom stereocenters. The first-order valence-electron chi connectivity index (χ1n) is 8.31. The molecule has 1 aromatic rings. The molecule has 0 aromatic heterocycles. The molecule has 0 spiro atoms. The van der Waals surface area contributed by atoms with E-state index in [4.69, 9.17) is 10.8 Å². The van der Waals surface area contributed by atoms with Gasteiger partial charge in [-0.25, -0.2) is 4.39 Å². The van der Waals surface area contributed by atoms with Gasteiger partial charge in [0.15, 0.2) is 0 Å². The summed E-state index contributed by atoms with van der Waals surface area (Å²) in [5, 5.41) is 22.4. The number of rotatable bonds is 9. The second-order valence-electron chi connectivity index (χ2n) is 6.42. The summed E-state index contributed by atoms with van der Waals surface area (Å²) in [7, 11) is 0. The maximum atomic E-state index is 13.3. The van der Waals surface area contributed by atoms with Gasteiger partial charge in [0, 0.05) is 39.9 Å². The van der Waals surface area contributed by atoms with Gasteiger partial charge in [0.05, 0.1) is 5.69 Å². The van der Waals surface area contributed by atoms with Gasteiger partial charge in [0.1, 0.15) is 5.82 Å². The fourth-order valence-electron chi connectivity index (χ4n) is 2.32. The second-order valence-corrected chi connectivity index (χ2v) is 7.59. The largest absolute Gasteiger partial charge is 0.390 e. The fraction of sp³-hybridized carbons (Fsp3) is 0.368. The molecule has 2 rings (SSSR count). The normalized spacial score (nSPS) is 15.0. The Kier molecular flexibility index (Phi) is 7.16. The molecule has 1 fully saturated rings. The van der Waals surface area contributed by atoms with E-state index in [0.717, 1.165) is 33.0 Å². The molecule has 1 saturated carbocycles. The Morgan fingerprint density at radius 2 is 2.04 bits per heavy atom. The van der Waals surface area contributed by atoms with Gasteiger partial charge in [-0.3, -0.25) is 0 Å². The SMILES string of the molecule is CC(=N)/C=C(/C/C(=C/NCC1CC1)C(C)=N)Nc1ccc(F)cc1I. The lowest BCUT2D eigenvalue weighted by atomic mass is 10.1. The molecule has 0 atom stereocenters. The van der Waals surface area contributed by atoms with Crippen LogP contribution in [0.1, 0.15) is 33.1 Å².